The molecule has 0 saturated carbocycles. The monoisotopic (exact) mass is 348 g/mol. The average molecular weight is 349 g/mol. The van der Waals surface area contributed by atoms with Crippen molar-refractivity contribution < 1.29 is 4.74 Å². The number of benzene rings is 3. The van der Waals surface area contributed by atoms with Crippen molar-refractivity contribution in [2.45, 2.75) is 44.4 Å². The normalized spacial score (nSPS) is 10.8. The standard InChI is InChI=1S/C23H24OS/c1-15-10-11-20(12-17(15)3)24-21-13-18(4)19(5)14-23(21)25-22-9-7-6-8-16(22)2/h6-14H,1-5H3. The van der Waals surface area contributed by atoms with Gasteiger partial charge in [-0.05, 0) is 92.8 Å². The molecule has 0 aromatic heterocycles. The molecule has 25 heavy (non-hydrogen) atoms. The predicted octanol–water partition coefficient (Wildman–Crippen LogP) is 7.17. The van der Waals surface area contributed by atoms with Gasteiger partial charge in [-0.15, -0.1) is 0 Å². The molecule has 0 saturated heterocycles. The molecule has 128 valence electrons. The smallest absolute Gasteiger partial charge is 0.141 e. The highest BCUT2D eigenvalue weighted by molar-refractivity contribution is 7.99. The Morgan fingerprint density at radius 2 is 1.28 bits per heavy atom. The highest BCUT2D eigenvalue weighted by Crippen LogP contribution is 2.40. The summed E-state index contributed by atoms with van der Waals surface area (Å²) in [5.41, 5.74) is 6.33. The second-order valence-corrected chi connectivity index (χ2v) is 7.68. The second kappa shape index (κ2) is 7.37. The summed E-state index contributed by atoms with van der Waals surface area (Å²) in [5.74, 6) is 1.80. The molecule has 0 aliphatic carbocycles. The molecule has 0 radical (unpaired) electrons. The Hall–Kier alpha value is -2.19. The van der Waals surface area contributed by atoms with Crippen molar-refractivity contribution in [1.82, 2.24) is 0 Å². The van der Waals surface area contributed by atoms with Gasteiger partial charge in [-0.1, -0.05) is 36.0 Å². The minimum atomic E-state index is 0.887. The molecule has 2 heteroatoms. The van der Waals surface area contributed by atoms with E-state index in [1.54, 1.807) is 11.8 Å². The van der Waals surface area contributed by atoms with Crippen molar-refractivity contribution in [2.75, 3.05) is 0 Å². The van der Waals surface area contributed by atoms with Crippen LogP contribution < -0.4 is 4.74 Å². The third-order valence-electron chi connectivity index (χ3n) is 4.58. The van der Waals surface area contributed by atoms with Crippen LogP contribution in [0.1, 0.15) is 27.8 Å². The SMILES string of the molecule is Cc1ccc(Oc2cc(C)c(C)cc2Sc2ccccc2C)cc1C. The van der Waals surface area contributed by atoms with Gasteiger partial charge in [0, 0.05) is 4.90 Å². The zero-order chi connectivity index (χ0) is 18.0. The summed E-state index contributed by atoms with van der Waals surface area (Å²) in [7, 11) is 0. The fourth-order valence-corrected chi connectivity index (χ4v) is 3.67. The van der Waals surface area contributed by atoms with Crippen molar-refractivity contribution in [2.24, 2.45) is 0 Å². The van der Waals surface area contributed by atoms with E-state index in [0.29, 0.717) is 0 Å². The van der Waals surface area contributed by atoms with E-state index in [1.165, 1.54) is 32.7 Å². The molecule has 0 heterocycles. The molecular formula is C23H24OS. The van der Waals surface area contributed by atoms with Crippen LogP contribution in [0.2, 0.25) is 0 Å². The molecule has 0 aliphatic heterocycles. The third-order valence-corrected chi connectivity index (χ3v) is 5.80. The van der Waals surface area contributed by atoms with Crippen molar-refractivity contribution in [3.8, 4) is 11.5 Å². The Balaban J connectivity index is 1.98. The Morgan fingerprint density at radius 1 is 0.600 bits per heavy atom. The van der Waals surface area contributed by atoms with Crippen LogP contribution in [-0.2, 0) is 0 Å². The maximum Gasteiger partial charge on any atom is 0.141 e. The zero-order valence-corrected chi connectivity index (χ0v) is 16.3. The van der Waals surface area contributed by atoms with E-state index in [2.05, 4.69) is 83.1 Å². The topological polar surface area (TPSA) is 9.23 Å². The maximum absolute atomic E-state index is 6.27. The first kappa shape index (κ1) is 17.6. The van der Waals surface area contributed by atoms with E-state index >= 15 is 0 Å². The van der Waals surface area contributed by atoms with E-state index in [9.17, 15) is 0 Å². The van der Waals surface area contributed by atoms with Crippen molar-refractivity contribution in [3.05, 3.63) is 82.4 Å². The highest BCUT2D eigenvalue weighted by atomic mass is 32.2. The lowest BCUT2D eigenvalue weighted by Gasteiger charge is -2.15. The maximum atomic E-state index is 6.27. The van der Waals surface area contributed by atoms with Gasteiger partial charge in [0.25, 0.3) is 0 Å². The molecule has 0 atom stereocenters. The molecular weight excluding hydrogens is 324 g/mol. The molecule has 3 rings (SSSR count). The van der Waals surface area contributed by atoms with Gasteiger partial charge < -0.3 is 4.74 Å². The van der Waals surface area contributed by atoms with Gasteiger partial charge in [0.05, 0.1) is 4.90 Å². The summed E-state index contributed by atoms with van der Waals surface area (Å²) in [6.45, 7) is 10.7. The highest BCUT2D eigenvalue weighted by Gasteiger charge is 2.11. The minimum Gasteiger partial charge on any atom is -0.456 e. The van der Waals surface area contributed by atoms with E-state index in [4.69, 9.17) is 4.74 Å². The number of hydrogen-bond acceptors (Lipinski definition) is 2. The summed E-state index contributed by atoms with van der Waals surface area (Å²) < 4.78 is 6.27. The van der Waals surface area contributed by atoms with Crippen LogP contribution in [0.5, 0.6) is 11.5 Å². The Labute approximate surface area is 155 Å². The third kappa shape index (κ3) is 4.08. The minimum absolute atomic E-state index is 0.887. The van der Waals surface area contributed by atoms with Gasteiger partial charge >= 0.3 is 0 Å². The Morgan fingerprint density at radius 3 is 2.00 bits per heavy atom. The number of ether oxygens (including phenoxy) is 1. The molecule has 0 spiro atoms. The molecule has 3 aromatic rings. The van der Waals surface area contributed by atoms with Gasteiger partial charge in [-0.25, -0.2) is 0 Å². The molecule has 0 aliphatic rings. The zero-order valence-electron chi connectivity index (χ0n) is 15.5. The first-order chi connectivity index (χ1) is 11.9. The van der Waals surface area contributed by atoms with Crippen LogP contribution >= 0.6 is 11.8 Å². The predicted molar refractivity (Wildman–Crippen MR) is 107 cm³/mol. The van der Waals surface area contributed by atoms with Gasteiger partial charge in [0.15, 0.2) is 0 Å². The van der Waals surface area contributed by atoms with Gasteiger partial charge in [0.1, 0.15) is 11.5 Å². The fraction of sp³-hybridized carbons (Fsp3) is 0.217. The molecule has 0 amide bonds. The fourth-order valence-electron chi connectivity index (χ4n) is 2.62. The van der Waals surface area contributed by atoms with Crippen LogP contribution in [0.25, 0.3) is 0 Å². The van der Waals surface area contributed by atoms with Gasteiger partial charge in [-0.2, -0.15) is 0 Å². The van der Waals surface area contributed by atoms with Crippen molar-refractivity contribution in [3.63, 3.8) is 0 Å². The summed E-state index contributed by atoms with van der Waals surface area (Å²) >= 11 is 1.77. The average Bonchev–Trinajstić information content (AvgIpc) is 2.57. The summed E-state index contributed by atoms with van der Waals surface area (Å²) in [6.07, 6.45) is 0. The van der Waals surface area contributed by atoms with E-state index in [-0.39, 0.29) is 0 Å². The quantitative estimate of drug-likeness (QED) is 0.494. The van der Waals surface area contributed by atoms with Crippen LogP contribution in [0.4, 0.5) is 0 Å². The lowest BCUT2D eigenvalue weighted by atomic mass is 10.1. The molecule has 1 nitrogen and oxygen atoms in total. The van der Waals surface area contributed by atoms with Crippen LogP contribution in [0, 0.1) is 34.6 Å². The summed E-state index contributed by atoms with van der Waals surface area (Å²) in [4.78, 5) is 2.41. The number of hydrogen-bond donors (Lipinski definition) is 0. The lowest BCUT2D eigenvalue weighted by Crippen LogP contribution is -1.92. The van der Waals surface area contributed by atoms with Crippen molar-refractivity contribution >= 4 is 11.8 Å². The van der Waals surface area contributed by atoms with Gasteiger partial charge in [0.2, 0.25) is 0 Å². The lowest BCUT2D eigenvalue weighted by molar-refractivity contribution is 0.470. The van der Waals surface area contributed by atoms with E-state index in [0.717, 1.165) is 16.4 Å². The van der Waals surface area contributed by atoms with Crippen molar-refractivity contribution in [1.29, 1.82) is 0 Å². The first-order valence-corrected chi connectivity index (χ1v) is 9.35. The largest absolute Gasteiger partial charge is 0.456 e. The summed E-state index contributed by atoms with van der Waals surface area (Å²) in [6, 6.07) is 19.1. The summed E-state index contributed by atoms with van der Waals surface area (Å²) in [5, 5.41) is 0. The van der Waals surface area contributed by atoms with Crippen LogP contribution in [0.3, 0.4) is 0 Å². The van der Waals surface area contributed by atoms with E-state index < -0.39 is 0 Å². The molecule has 0 bridgehead atoms. The van der Waals surface area contributed by atoms with E-state index in [1.807, 2.05) is 6.07 Å². The molecule has 0 N–H and O–H groups in total. The van der Waals surface area contributed by atoms with Crippen LogP contribution in [-0.4, -0.2) is 0 Å². The first-order valence-electron chi connectivity index (χ1n) is 8.54. The van der Waals surface area contributed by atoms with Gasteiger partial charge in [-0.3, -0.25) is 0 Å². The Kier molecular flexibility index (Phi) is 5.19. The molecule has 0 fully saturated rings. The molecule has 0 unspecified atom stereocenters. The number of aryl methyl sites for hydroxylation is 5. The molecule has 3 aromatic carbocycles. The second-order valence-electron chi connectivity index (χ2n) is 6.60. The number of rotatable bonds is 4. The Bertz CT molecular complexity index is 912. The van der Waals surface area contributed by atoms with Crippen LogP contribution in [0.15, 0.2) is 64.4 Å².